The summed E-state index contributed by atoms with van der Waals surface area (Å²) in [5.41, 5.74) is 5.34. The zero-order valence-corrected chi connectivity index (χ0v) is 20.8. The summed E-state index contributed by atoms with van der Waals surface area (Å²) in [7, 11) is 0. The highest BCUT2D eigenvalue weighted by atomic mass is 16.5. The fourth-order valence-electron chi connectivity index (χ4n) is 5.45. The topological polar surface area (TPSA) is 96.0 Å². The molecule has 3 aromatic carbocycles. The Morgan fingerprint density at radius 1 is 0.816 bits per heavy atom. The lowest BCUT2D eigenvalue weighted by Crippen LogP contribution is -2.54. The SMILES string of the molecule is O=C1CCC(N2C(=O)c3cccc(OCc4ccc(CN5CCc6ccccc6C5)cc4)c3C2=O)C(=O)N1. The van der Waals surface area contributed by atoms with Crippen LogP contribution in [0.15, 0.2) is 66.7 Å². The first-order valence-corrected chi connectivity index (χ1v) is 12.8. The molecule has 0 aliphatic carbocycles. The van der Waals surface area contributed by atoms with Gasteiger partial charge in [-0.2, -0.15) is 0 Å². The molecule has 4 amide bonds. The first kappa shape index (κ1) is 24.1. The first-order chi connectivity index (χ1) is 18.5. The van der Waals surface area contributed by atoms with Gasteiger partial charge in [0.2, 0.25) is 11.8 Å². The molecule has 3 heterocycles. The molecule has 8 nitrogen and oxygen atoms in total. The van der Waals surface area contributed by atoms with Crippen molar-refractivity contribution in [2.75, 3.05) is 6.54 Å². The highest BCUT2D eigenvalue weighted by Crippen LogP contribution is 2.34. The Kier molecular flexibility index (Phi) is 6.25. The Bertz CT molecular complexity index is 1450. The summed E-state index contributed by atoms with van der Waals surface area (Å²) in [5, 5.41) is 2.21. The van der Waals surface area contributed by atoms with E-state index in [9.17, 15) is 19.2 Å². The first-order valence-electron chi connectivity index (χ1n) is 12.8. The molecule has 3 aliphatic rings. The van der Waals surface area contributed by atoms with Crippen molar-refractivity contribution < 1.29 is 23.9 Å². The second-order valence-electron chi connectivity index (χ2n) is 9.96. The van der Waals surface area contributed by atoms with E-state index in [-0.39, 0.29) is 30.6 Å². The number of nitrogens with zero attached hydrogens (tertiary/aromatic N) is 2. The van der Waals surface area contributed by atoms with E-state index in [1.165, 1.54) is 16.7 Å². The minimum Gasteiger partial charge on any atom is -0.488 e. The molecule has 3 aromatic rings. The lowest BCUT2D eigenvalue weighted by molar-refractivity contribution is -0.136. The second kappa shape index (κ2) is 9.87. The molecule has 6 rings (SSSR count). The fraction of sp³-hybridized carbons (Fsp3) is 0.267. The van der Waals surface area contributed by atoms with E-state index in [1.807, 2.05) is 12.1 Å². The number of imide groups is 2. The van der Waals surface area contributed by atoms with Gasteiger partial charge in [0.15, 0.2) is 0 Å². The van der Waals surface area contributed by atoms with Crippen LogP contribution in [0, 0.1) is 0 Å². The number of hydrogen-bond donors (Lipinski definition) is 1. The summed E-state index contributed by atoms with van der Waals surface area (Å²) in [6.07, 6.45) is 1.25. The smallest absolute Gasteiger partial charge is 0.266 e. The predicted molar refractivity (Wildman–Crippen MR) is 138 cm³/mol. The molecule has 0 radical (unpaired) electrons. The van der Waals surface area contributed by atoms with Gasteiger partial charge in [0, 0.05) is 26.1 Å². The molecule has 1 N–H and O–H groups in total. The van der Waals surface area contributed by atoms with E-state index in [0.29, 0.717) is 5.75 Å². The van der Waals surface area contributed by atoms with Crippen molar-refractivity contribution in [2.24, 2.45) is 0 Å². The van der Waals surface area contributed by atoms with Crippen molar-refractivity contribution >= 4 is 23.6 Å². The number of amides is 4. The van der Waals surface area contributed by atoms with Crippen LogP contribution in [0.4, 0.5) is 0 Å². The van der Waals surface area contributed by atoms with Gasteiger partial charge in [-0.1, -0.05) is 54.6 Å². The van der Waals surface area contributed by atoms with Crippen LogP contribution in [0.3, 0.4) is 0 Å². The van der Waals surface area contributed by atoms with Gasteiger partial charge in [-0.25, -0.2) is 0 Å². The van der Waals surface area contributed by atoms with Crippen LogP contribution in [0.25, 0.3) is 0 Å². The number of rotatable bonds is 6. The number of hydrogen-bond acceptors (Lipinski definition) is 6. The summed E-state index contributed by atoms with van der Waals surface area (Å²) in [4.78, 5) is 53.5. The van der Waals surface area contributed by atoms with Crippen molar-refractivity contribution in [3.63, 3.8) is 0 Å². The number of carbonyl (C=O) groups is 4. The summed E-state index contributed by atoms with van der Waals surface area (Å²) in [6.45, 7) is 3.08. The van der Waals surface area contributed by atoms with Gasteiger partial charge in [0.05, 0.1) is 11.1 Å². The highest BCUT2D eigenvalue weighted by Gasteiger charge is 2.46. The molecule has 1 unspecified atom stereocenters. The molecule has 1 saturated heterocycles. The van der Waals surface area contributed by atoms with Crippen LogP contribution in [-0.4, -0.2) is 46.0 Å². The summed E-state index contributed by atoms with van der Waals surface area (Å²) in [5.74, 6) is -1.86. The standard InChI is InChI=1S/C30H27N3O5/c34-26-13-12-24(28(35)31-26)33-29(36)23-6-3-7-25(27(23)30(33)37)38-18-20-10-8-19(9-11-20)16-32-15-14-21-4-1-2-5-22(21)17-32/h1-11,24H,12-18H2,(H,31,34,35). The number of fused-ring (bicyclic) bond motifs is 2. The Labute approximate surface area is 220 Å². The molecule has 38 heavy (non-hydrogen) atoms. The zero-order valence-electron chi connectivity index (χ0n) is 20.8. The lowest BCUT2D eigenvalue weighted by atomic mass is 9.99. The minimum absolute atomic E-state index is 0.0776. The van der Waals surface area contributed by atoms with E-state index in [0.717, 1.165) is 36.5 Å². The summed E-state index contributed by atoms with van der Waals surface area (Å²) in [6, 6.07) is 20.7. The van der Waals surface area contributed by atoms with Crippen molar-refractivity contribution in [2.45, 2.75) is 45.0 Å². The van der Waals surface area contributed by atoms with Gasteiger partial charge in [-0.15, -0.1) is 0 Å². The molecule has 0 saturated carbocycles. The summed E-state index contributed by atoms with van der Waals surface area (Å²) < 4.78 is 6.00. The van der Waals surface area contributed by atoms with Gasteiger partial charge in [0.1, 0.15) is 18.4 Å². The maximum absolute atomic E-state index is 13.2. The molecule has 192 valence electrons. The van der Waals surface area contributed by atoms with Gasteiger partial charge < -0.3 is 4.74 Å². The third-order valence-corrected chi connectivity index (χ3v) is 7.46. The van der Waals surface area contributed by atoms with Crippen molar-refractivity contribution in [3.05, 3.63) is 100 Å². The number of benzene rings is 3. The Hall–Kier alpha value is -4.30. The van der Waals surface area contributed by atoms with Crippen LogP contribution >= 0.6 is 0 Å². The molecule has 3 aliphatic heterocycles. The quantitative estimate of drug-likeness (QED) is 0.513. The van der Waals surface area contributed by atoms with Crippen LogP contribution in [0.2, 0.25) is 0 Å². The normalized spacial score (nSPS) is 19.3. The molecule has 0 spiro atoms. The largest absolute Gasteiger partial charge is 0.488 e. The second-order valence-corrected chi connectivity index (χ2v) is 9.96. The van der Waals surface area contributed by atoms with Crippen LogP contribution in [-0.2, 0) is 35.7 Å². The van der Waals surface area contributed by atoms with E-state index < -0.39 is 29.7 Å². The molecule has 8 heteroatoms. The average molecular weight is 510 g/mol. The Morgan fingerprint density at radius 3 is 2.37 bits per heavy atom. The lowest BCUT2D eigenvalue weighted by Gasteiger charge is -2.28. The van der Waals surface area contributed by atoms with Crippen molar-refractivity contribution in [1.29, 1.82) is 0 Å². The van der Waals surface area contributed by atoms with Crippen molar-refractivity contribution in [1.82, 2.24) is 15.1 Å². The Balaban J connectivity index is 1.11. The van der Waals surface area contributed by atoms with Gasteiger partial charge in [0.25, 0.3) is 11.8 Å². The van der Waals surface area contributed by atoms with E-state index in [1.54, 1.807) is 18.2 Å². The maximum Gasteiger partial charge on any atom is 0.266 e. The predicted octanol–water partition coefficient (Wildman–Crippen LogP) is 3.23. The van der Waals surface area contributed by atoms with E-state index >= 15 is 0 Å². The molecule has 0 aromatic heterocycles. The average Bonchev–Trinajstić information content (AvgIpc) is 3.18. The molecule has 1 atom stereocenters. The number of carbonyl (C=O) groups excluding carboxylic acids is 4. The van der Waals surface area contributed by atoms with Crippen LogP contribution < -0.4 is 10.1 Å². The number of piperidine rings is 1. The molecular weight excluding hydrogens is 482 g/mol. The van der Waals surface area contributed by atoms with Crippen LogP contribution in [0.5, 0.6) is 5.75 Å². The Morgan fingerprint density at radius 2 is 1.58 bits per heavy atom. The molecule has 1 fully saturated rings. The minimum atomic E-state index is -1.01. The molecule has 0 bridgehead atoms. The van der Waals surface area contributed by atoms with E-state index in [2.05, 4.69) is 46.6 Å². The summed E-state index contributed by atoms with van der Waals surface area (Å²) >= 11 is 0. The maximum atomic E-state index is 13.2. The highest BCUT2D eigenvalue weighted by molar-refractivity contribution is 6.24. The molecular formula is C30H27N3O5. The van der Waals surface area contributed by atoms with E-state index in [4.69, 9.17) is 4.74 Å². The van der Waals surface area contributed by atoms with Gasteiger partial charge in [-0.3, -0.25) is 34.3 Å². The zero-order chi connectivity index (χ0) is 26.2. The fourth-order valence-corrected chi connectivity index (χ4v) is 5.45. The van der Waals surface area contributed by atoms with Crippen molar-refractivity contribution in [3.8, 4) is 5.75 Å². The van der Waals surface area contributed by atoms with Crippen LogP contribution in [0.1, 0.15) is 55.8 Å². The number of ether oxygens (including phenoxy) is 1. The monoisotopic (exact) mass is 509 g/mol. The van der Waals surface area contributed by atoms with Gasteiger partial charge >= 0.3 is 0 Å². The third kappa shape index (κ3) is 4.48. The third-order valence-electron chi connectivity index (χ3n) is 7.46. The van der Waals surface area contributed by atoms with Gasteiger partial charge in [-0.05, 0) is 47.2 Å². The number of nitrogens with one attached hydrogen (secondary N) is 1.